The predicted octanol–water partition coefficient (Wildman–Crippen LogP) is 4.15. The summed E-state index contributed by atoms with van der Waals surface area (Å²) >= 11 is 5.95. The van der Waals surface area contributed by atoms with Gasteiger partial charge in [0.1, 0.15) is 5.56 Å². The summed E-state index contributed by atoms with van der Waals surface area (Å²) in [5, 5.41) is 13.9. The molecule has 1 saturated heterocycles. The quantitative estimate of drug-likeness (QED) is 0.293. The number of carbonyl (C=O) groups excluding carboxylic acids is 3. The molecule has 2 atom stereocenters. The molecule has 0 aromatic heterocycles. The number of hydrazine groups is 1. The van der Waals surface area contributed by atoms with Gasteiger partial charge in [0.2, 0.25) is 0 Å². The van der Waals surface area contributed by atoms with Crippen molar-refractivity contribution in [1.82, 2.24) is 10.0 Å². The Morgan fingerprint density at radius 3 is 2.47 bits per heavy atom. The number of hydrogen-bond acceptors (Lipinski definition) is 5. The molecule has 0 bridgehead atoms. The minimum atomic E-state index is -0.794. The fraction of sp³-hybridized carbons (Fsp3) is 0.261. The van der Waals surface area contributed by atoms with Crippen LogP contribution in [-0.2, 0) is 16.1 Å². The van der Waals surface area contributed by atoms with Gasteiger partial charge in [-0.25, -0.2) is 5.01 Å². The Kier molecular flexibility index (Phi) is 5.80. The summed E-state index contributed by atoms with van der Waals surface area (Å²) in [6.07, 6.45) is 2.80. The molecule has 2 aromatic carbocycles. The molecule has 1 aliphatic heterocycles. The van der Waals surface area contributed by atoms with E-state index in [2.05, 4.69) is 0 Å². The van der Waals surface area contributed by atoms with Gasteiger partial charge in [-0.1, -0.05) is 47.5 Å². The van der Waals surface area contributed by atoms with Crippen molar-refractivity contribution in [3.05, 3.63) is 86.4 Å². The molecule has 0 saturated carbocycles. The van der Waals surface area contributed by atoms with Crippen LogP contribution in [0.25, 0.3) is 0 Å². The maximum absolute atomic E-state index is 13.5. The molecule has 164 valence electrons. The van der Waals surface area contributed by atoms with Gasteiger partial charge < -0.3 is 0 Å². The Labute approximate surface area is 189 Å². The van der Waals surface area contributed by atoms with E-state index in [1.807, 2.05) is 13.0 Å². The van der Waals surface area contributed by atoms with Crippen molar-refractivity contribution in [3.63, 3.8) is 0 Å². The lowest BCUT2D eigenvalue weighted by atomic mass is 9.82. The van der Waals surface area contributed by atoms with Crippen LogP contribution in [0.4, 0.5) is 5.69 Å². The molecule has 2 aromatic rings. The van der Waals surface area contributed by atoms with Crippen molar-refractivity contribution in [1.29, 1.82) is 0 Å². The number of amides is 3. The fourth-order valence-electron chi connectivity index (χ4n) is 4.21. The van der Waals surface area contributed by atoms with Gasteiger partial charge in [0.05, 0.1) is 23.3 Å². The normalized spacial score (nSPS) is 20.1. The van der Waals surface area contributed by atoms with Crippen molar-refractivity contribution in [2.75, 3.05) is 0 Å². The maximum atomic E-state index is 13.5. The molecule has 8 nitrogen and oxygen atoms in total. The van der Waals surface area contributed by atoms with Crippen molar-refractivity contribution in [2.24, 2.45) is 11.8 Å². The molecule has 1 fully saturated rings. The SMILES string of the molecule is CC1=CC[C@H]2C(=O)N(N(Cc3ccc(Cl)cc3)C(=O)c3ccccc3[N+](=O)[O-])C(=O)[C@H]2C1. The number of benzene rings is 2. The summed E-state index contributed by atoms with van der Waals surface area (Å²) in [6, 6.07) is 12.1. The molecule has 4 rings (SSSR count). The van der Waals surface area contributed by atoms with Crippen LogP contribution in [0.15, 0.2) is 60.2 Å². The molecule has 1 aliphatic carbocycles. The van der Waals surface area contributed by atoms with E-state index < -0.39 is 40.2 Å². The summed E-state index contributed by atoms with van der Waals surface area (Å²) in [4.78, 5) is 50.9. The first-order valence-electron chi connectivity index (χ1n) is 10.1. The Morgan fingerprint density at radius 2 is 1.78 bits per heavy atom. The van der Waals surface area contributed by atoms with E-state index >= 15 is 0 Å². The molecule has 0 N–H and O–H groups in total. The van der Waals surface area contributed by atoms with E-state index in [1.165, 1.54) is 24.3 Å². The standard InChI is InChI=1S/C23H20ClN3O5/c1-14-6-11-17-19(12-14)23(30)26(22(17)29)25(13-15-7-9-16(24)10-8-15)21(28)18-4-2-3-5-20(18)27(31)32/h2-10,17,19H,11-13H2,1H3/t17-,19+/m1/s1. The Morgan fingerprint density at radius 1 is 1.12 bits per heavy atom. The average Bonchev–Trinajstić information content (AvgIpc) is 3.02. The van der Waals surface area contributed by atoms with Crippen LogP contribution in [0.3, 0.4) is 0 Å². The molecular weight excluding hydrogens is 434 g/mol. The number of hydrogen-bond donors (Lipinski definition) is 0. The van der Waals surface area contributed by atoms with Crippen LogP contribution in [0.1, 0.15) is 35.7 Å². The highest BCUT2D eigenvalue weighted by Crippen LogP contribution is 2.39. The van der Waals surface area contributed by atoms with E-state index in [4.69, 9.17) is 11.6 Å². The largest absolute Gasteiger partial charge is 0.282 e. The molecule has 1 heterocycles. The second-order valence-electron chi connectivity index (χ2n) is 7.96. The van der Waals surface area contributed by atoms with Gasteiger partial charge >= 0.3 is 0 Å². The van der Waals surface area contributed by atoms with Crippen LogP contribution in [0, 0.1) is 22.0 Å². The van der Waals surface area contributed by atoms with Crippen molar-refractivity contribution >= 4 is 35.0 Å². The Balaban J connectivity index is 1.76. The molecule has 0 spiro atoms. The van der Waals surface area contributed by atoms with Crippen LogP contribution in [0.5, 0.6) is 0 Å². The molecule has 0 radical (unpaired) electrons. The van der Waals surface area contributed by atoms with E-state index in [9.17, 15) is 24.5 Å². The lowest BCUT2D eigenvalue weighted by Crippen LogP contribution is -2.50. The first kappa shape index (κ1) is 21.7. The smallest absolute Gasteiger partial charge is 0.272 e. The lowest BCUT2D eigenvalue weighted by molar-refractivity contribution is -0.385. The van der Waals surface area contributed by atoms with Crippen molar-refractivity contribution in [2.45, 2.75) is 26.3 Å². The van der Waals surface area contributed by atoms with E-state index in [0.29, 0.717) is 23.4 Å². The van der Waals surface area contributed by atoms with E-state index in [-0.39, 0.29) is 12.1 Å². The van der Waals surface area contributed by atoms with Gasteiger partial charge in [0.25, 0.3) is 23.4 Å². The summed E-state index contributed by atoms with van der Waals surface area (Å²) in [5.74, 6) is -2.81. The monoisotopic (exact) mass is 453 g/mol. The average molecular weight is 454 g/mol. The third-order valence-corrected chi connectivity index (χ3v) is 6.10. The minimum Gasteiger partial charge on any atom is -0.272 e. The number of nitro benzene ring substituents is 1. The summed E-state index contributed by atoms with van der Waals surface area (Å²) < 4.78 is 0. The number of nitrogens with zero attached hydrogens (tertiary/aromatic N) is 3. The van der Waals surface area contributed by atoms with Crippen molar-refractivity contribution in [3.8, 4) is 0 Å². The van der Waals surface area contributed by atoms with Crippen LogP contribution in [0.2, 0.25) is 5.02 Å². The number of nitro groups is 1. The third-order valence-electron chi connectivity index (χ3n) is 5.85. The van der Waals surface area contributed by atoms with Gasteiger partial charge in [0.15, 0.2) is 0 Å². The number of imide groups is 1. The first-order chi connectivity index (χ1) is 15.3. The molecule has 3 amide bonds. The molecule has 0 unspecified atom stereocenters. The number of halogens is 1. The van der Waals surface area contributed by atoms with Gasteiger partial charge in [-0.15, -0.1) is 0 Å². The van der Waals surface area contributed by atoms with Crippen LogP contribution in [-0.4, -0.2) is 32.7 Å². The van der Waals surface area contributed by atoms with Crippen LogP contribution < -0.4 is 0 Å². The van der Waals surface area contributed by atoms with E-state index in [1.54, 1.807) is 24.3 Å². The molecule has 9 heteroatoms. The second-order valence-corrected chi connectivity index (χ2v) is 8.39. The summed E-state index contributed by atoms with van der Waals surface area (Å²) in [7, 11) is 0. The fourth-order valence-corrected chi connectivity index (χ4v) is 4.33. The zero-order valence-corrected chi connectivity index (χ0v) is 18.0. The first-order valence-corrected chi connectivity index (χ1v) is 10.5. The topological polar surface area (TPSA) is 101 Å². The van der Waals surface area contributed by atoms with Gasteiger partial charge in [0, 0.05) is 11.1 Å². The highest BCUT2D eigenvalue weighted by molar-refractivity contribution is 6.30. The van der Waals surface area contributed by atoms with Crippen LogP contribution >= 0.6 is 11.6 Å². The highest BCUT2D eigenvalue weighted by atomic mass is 35.5. The van der Waals surface area contributed by atoms with E-state index in [0.717, 1.165) is 15.6 Å². The molecule has 32 heavy (non-hydrogen) atoms. The number of allylic oxidation sites excluding steroid dienone is 2. The number of rotatable bonds is 5. The zero-order chi connectivity index (χ0) is 23.0. The van der Waals surface area contributed by atoms with Crippen molar-refractivity contribution < 1.29 is 19.3 Å². The lowest BCUT2D eigenvalue weighted by Gasteiger charge is -2.30. The summed E-state index contributed by atoms with van der Waals surface area (Å²) in [6.45, 7) is 1.78. The highest BCUT2D eigenvalue weighted by Gasteiger charge is 2.51. The van der Waals surface area contributed by atoms with Gasteiger partial charge in [-0.05, 0) is 43.5 Å². The summed E-state index contributed by atoms with van der Waals surface area (Å²) in [5.41, 5.74) is 1.04. The zero-order valence-electron chi connectivity index (χ0n) is 17.2. The second kappa shape index (κ2) is 8.55. The number of carbonyl (C=O) groups is 3. The number of para-hydroxylation sites is 1. The molecule has 2 aliphatic rings. The Hall–Kier alpha value is -3.52. The Bertz CT molecular complexity index is 1140. The molecular formula is C23H20ClN3O5. The predicted molar refractivity (Wildman–Crippen MR) is 116 cm³/mol. The maximum Gasteiger partial charge on any atom is 0.282 e. The van der Waals surface area contributed by atoms with Gasteiger partial charge in [-0.2, -0.15) is 5.01 Å². The minimum absolute atomic E-state index is 0.120. The van der Waals surface area contributed by atoms with Gasteiger partial charge in [-0.3, -0.25) is 24.5 Å². The third kappa shape index (κ3) is 3.89. The number of fused-ring (bicyclic) bond motifs is 1.